The number of nitrogens with zero attached hydrogens (tertiary/aromatic N) is 2. The van der Waals surface area contributed by atoms with Crippen molar-refractivity contribution in [1.29, 1.82) is 0 Å². The number of carbonyl (C=O) groups excluding carboxylic acids is 3. The minimum absolute atomic E-state index is 0.0223. The summed E-state index contributed by atoms with van der Waals surface area (Å²) in [6, 6.07) is 15.3. The molecule has 1 aliphatic heterocycles. The number of alkyl carbamates (subject to hydrolysis) is 1. The fraction of sp³-hybridized carbons (Fsp3) is 0.324. The number of aromatic nitrogens is 2. The van der Waals surface area contributed by atoms with Crippen molar-refractivity contribution in [1.82, 2.24) is 14.1 Å². The van der Waals surface area contributed by atoms with Crippen molar-refractivity contribution in [3.63, 3.8) is 0 Å². The summed E-state index contributed by atoms with van der Waals surface area (Å²) in [5.74, 6) is -1.74. The first-order valence-electron chi connectivity index (χ1n) is 15.1. The van der Waals surface area contributed by atoms with E-state index in [1.54, 1.807) is 61.5 Å². The summed E-state index contributed by atoms with van der Waals surface area (Å²) >= 11 is 1.04. The molecular weight excluding hydrogens is 642 g/mol. The van der Waals surface area contributed by atoms with Gasteiger partial charge in [-0.05, 0) is 73.0 Å². The van der Waals surface area contributed by atoms with Crippen LogP contribution in [0.4, 0.5) is 4.79 Å². The summed E-state index contributed by atoms with van der Waals surface area (Å²) in [5, 5.41) is 2.40. The summed E-state index contributed by atoms with van der Waals surface area (Å²) in [5.41, 5.74) is 3.11. The SMILES string of the molecule is CCCOc1cc(CC2=C(c3ccc4nsnc4c3)C(=O)OC2(OC(=O)NCC(=O)OCC)c2ccc(OC)cc2)cc(OC)c1OC. The van der Waals surface area contributed by atoms with Gasteiger partial charge in [-0.2, -0.15) is 8.75 Å². The second-order valence-electron chi connectivity index (χ2n) is 10.5. The summed E-state index contributed by atoms with van der Waals surface area (Å²) in [4.78, 5) is 39.5. The van der Waals surface area contributed by atoms with E-state index in [1.165, 1.54) is 21.3 Å². The number of amides is 1. The number of fused-ring (bicyclic) bond motifs is 1. The Bertz CT molecular complexity index is 1840. The first-order chi connectivity index (χ1) is 23.3. The lowest BCUT2D eigenvalue weighted by Crippen LogP contribution is -2.41. The van der Waals surface area contributed by atoms with Gasteiger partial charge in [0.2, 0.25) is 5.75 Å². The number of methoxy groups -OCH3 is 3. The number of nitrogens with one attached hydrogen (secondary N) is 1. The molecule has 1 atom stereocenters. The fourth-order valence-electron chi connectivity index (χ4n) is 5.28. The third-order valence-corrected chi connectivity index (χ3v) is 7.97. The molecule has 0 saturated carbocycles. The second kappa shape index (κ2) is 15.0. The van der Waals surface area contributed by atoms with Crippen molar-refractivity contribution in [3.8, 4) is 23.0 Å². The molecule has 1 amide bonds. The van der Waals surface area contributed by atoms with Crippen LogP contribution in [0.5, 0.6) is 23.0 Å². The number of cyclic esters (lactones) is 1. The molecule has 0 aliphatic carbocycles. The van der Waals surface area contributed by atoms with Gasteiger partial charge in [0.1, 0.15) is 23.3 Å². The normalized spacial score (nSPS) is 15.6. The van der Waals surface area contributed by atoms with Gasteiger partial charge < -0.3 is 38.5 Å². The van der Waals surface area contributed by atoms with E-state index in [0.717, 1.165) is 18.1 Å². The van der Waals surface area contributed by atoms with Crippen molar-refractivity contribution >= 4 is 46.4 Å². The van der Waals surface area contributed by atoms with Crippen molar-refractivity contribution in [2.75, 3.05) is 41.1 Å². The third-order valence-electron chi connectivity index (χ3n) is 7.42. The number of ether oxygens (including phenoxy) is 7. The van der Waals surface area contributed by atoms with Crippen LogP contribution in [0.15, 0.2) is 60.2 Å². The zero-order chi connectivity index (χ0) is 34.3. The first-order valence-corrected chi connectivity index (χ1v) is 15.8. The van der Waals surface area contributed by atoms with Gasteiger partial charge in [-0.1, -0.05) is 13.0 Å². The van der Waals surface area contributed by atoms with Crippen LogP contribution in [0, 0.1) is 0 Å². The highest BCUT2D eigenvalue weighted by atomic mass is 32.1. The average molecular weight is 678 g/mol. The van der Waals surface area contributed by atoms with Crippen LogP contribution in [0.3, 0.4) is 0 Å². The molecule has 5 rings (SSSR count). The van der Waals surface area contributed by atoms with Gasteiger partial charge in [-0.15, -0.1) is 0 Å². The maximum absolute atomic E-state index is 14.0. The Kier molecular flexibility index (Phi) is 10.6. The van der Waals surface area contributed by atoms with E-state index in [2.05, 4.69) is 14.1 Å². The van der Waals surface area contributed by atoms with E-state index in [9.17, 15) is 14.4 Å². The van der Waals surface area contributed by atoms with Gasteiger partial charge in [-0.3, -0.25) is 4.79 Å². The molecule has 13 nitrogen and oxygen atoms in total. The monoisotopic (exact) mass is 677 g/mol. The first kappa shape index (κ1) is 34.0. The topological polar surface area (TPSA) is 154 Å². The maximum Gasteiger partial charge on any atom is 0.411 e. The van der Waals surface area contributed by atoms with Crippen LogP contribution in [-0.2, 0) is 36.0 Å². The zero-order valence-electron chi connectivity index (χ0n) is 27.1. The Balaban J connectivity index is 1.72. The molecule has 252 valence electrons. The van der Waals surface area contributed by atoms with E-state index in [0.29, 0.717) is 62.9 Å². The molecule has 48 heavy (non-hydrogen) atoms. The van der Waals surface area contributed by atoms with E-state index >= 15 is 0 Å². The fourth-order valence-corrected chi connectivity index (χ4v) is 5.80. The number of benzene rings is 3. The highest BCUT2D eigenvalue weighted by Gasteiger charge is 2.53. The van der Waals surface area contributed by atoms with Gasteiger partial charge in [0.15, 0.2) is 11.5 Å². The molecule has 0 bridgehead atoms. The summed E-state index contributed by atoms with van der Waals surface area (Å²) in [7, 11) is 4.54. The summed E-state index contributed by atoms with van der Waals surface area (Å²) in [6.07, 6.45) is -0.255. The molecule has 0 fully saturated rings. The average Bonchev–Trinajstić information content (AvgIpc) is 3.67. The molecule has 14 heteroatoms. The molecule has 4 aromatic rings. The molecule has 0 saturated heterocycles. The zero-order valence-corrected chi connectivity index (χ0v) is 27.9. The minimum atomic E-state index is -2.08. The minimum Gasteiger partial charge on any atom is -0.497 e. The molecule has 1 unspecified atom stereocenters. The van der Waals surface area contributed by atoms with Gasteiger partial charge in [0.25, 0.3) is 0 Å². The van der Waals surface area contributed by atoms with Crippen molar-refractivity contribution < 1.29 is 47.5 Å². The maximum atomic E-state index is 14.0. The molecular formula is C34H35N3O10S. The molecule has 2 heterocycles. The number of carbonyl (C=O) groups is 3. The Hall–Kier alpha value is -5.37. The van der Waals surface area contributed by atoms with Crippen molar-refractivity contribution in [3.05, 3.63) is 76.9 Å². The molecule has 3 aromatic carbocycles. The summed E-state index contributed by atoms with van der Waals surface area (Å²) in [6.45, 7) is 3.71. The van der Waals surface area contributed by atoms with Crippen LogP contribution in [0.1, 0.15) is 37.0 Å². The Morgan fingerprint density at radius 1 is 0.917 bits per heavy atom. The van der Waals surface area contributed by atoms with Crippen LogP contribution < -0.4 is 24.3 Å². The van der Waals surface area contributed by atoms with E-state index < -0.39 is 30.4 Å². The Morgan fingerprint density at radius 3 is 2.35 bits per heavy atom. The van der Waals surface area contributed by atoms with E-state index in [1.807, 2.05) is 6.92 Å². The number of rotatable bonds is 14. The highest BCUT2D eigenvalue weighted by Crippen LogP contribution is 2.49. The van der Waals surface area contributed by atoms with Gasteiger partial charge >= 0.3 is 23.8 Å². The van der Waals surface area contributed by atoms with Crippen LogP contribution in [0.2, 0.25) is 0 Å². The predicted molar refractivity (Wildman–Crippen MR) is 175 cm³/mol. The molecule has 1 aromatic heterocycles. The van der Waals surface area contributed by atoms with E-state index in [4.69, 9.17) is 33.2 Å². The number of hydrogen-bond donors (Lipinski definition) is 1. The molecule has 1 aliphatic rings. The lowest BCUT2D eigenvalue weighted by atomic mass is 9.87. The number of esters is 2. The van der Waals surface area contributed by atoms with Gasteiger partial charge in [0.05, 0.1) is 51.8 Å². The van der Waals surface area contributed by atoms with Crippen LogP contribution in [-0.4, -0.2) is 67.9 Å². The quantitative estimate of drug-likeness (QED) is 0.175. The predicted octanol–water partition coefficient (Wildman–Crippen LogP) is 5.20. The highest BCUT2D eigenvalue weighted by molar-refractivity contribution is 7.00. The van der Waals surface area contributed by atoms with E-state index in [-0.39, 0.29) is 18.6 Å². The Labute approximate surface area is 281 Å². The lowest BCUT2D eigenvalue weighted by molar-refractivity contribution is -0.185. The summed E-state index contributed by atoms with van der Waals surface area (Å²) < 4.78 is 48.3. The largest absolute Gasteiger partial charge is 0.497 e. The van der Waals surface area contributed by atoms with Crippen molar-refractivity contribution in [2.24, 2.45) is 0 Å². The van der Waals surface area contributed by atoms with Gasteiger partial charge in [0, 0.05) is 17.6 Å². The van der Waals surface area contributed by atoms with Crippen molar-refractivity contribution in [2.45, 2.75) is 32.5 Å². The third kappa shape index (κ3) is 6.98. The molecule has 0 radical (unpaired) electrons. The second-order valence-corrected chi connectivity index (χ2v) is 11.0. The number of hydrogen-bond acceptors (Lipinski definition) is 13. The standard InChI is InChI=1S/C34H35N3O10S/c1-6-14-45-28-17-20(16-27(42-4)31(28)43-5)15-24-30(21-8-13-25-26(18-21)37-48-36-25)32(39)46-34(24,22-9-11-23(41-3)12-10-22)47-33(40)35-19-29(38)44-7-2/h8-13,16-18H,6-7,14-15,19H2,1-5H3,(H,35,40). The van der Waals surface area contributed by atoms with Crippen LogP contribution >= 0.6 is 11.7 Å². The molecule has 1 N–H and O–H groups in total. The lowest BCUT2D eigenvalue weighted by Gasteiger charge is -2.31. The smallest absolute Gasteiger partial charge is 0.411 e. The van der Waals surface area contributed by atoms with Crippen LogP contribution in [0.25, 0.3) is 16.6 Å². The van der Waals surface area contributed by atoms with Gasteiger partial charge in [-0.25, -0.2) is 9.59 Å². The Morgan fingerprint density at radius 2 is 1.67 bits per heavy atom. The molecule has 0 spiro atoms.